The average Bonchev–Trinajstić information content (AvgIpc) is 2.92. The number of hydrogen-bond donors (Lipinski definition) is 2. The van der Waals surface area contributed by atoms with Crippen LogP contribution >= 0.6 is 23.2 Å². The predicted molar refractivity (Wildman–Crippen MR) is 153 cm³/mol. The van der Waals surface area contributed by atoms with Gasteiger partial charge in [0.2, 0.25) is 5.91 Å². The highest BCUT2D eigenvalue weighted by Gasteiger charge is 2.43. The maximum atomic E-state index is 12.6. The van der Waals surface area contributed by atoms with Crippen LogP contribution in [-0.2, 0) is 9.53 Å². The van der Waals surface area contributed by atoms with Gasteiger partial charge in [0, 0.05) is 53.2 Å². The highest BCUT2D eigenvalue weighted by molar-refractivity contribution is 6.30. The Labute approximate surface area is 234 Å². The summed E-state index contributed by atoms with van der Waals surface area (Å²) in [6.07, 6.45) is 3.48. The molecule has 2 fully saturated rings. The number of fused-ring (bicyclic) bond motifs is 1. The number of rotatable bonds is 9. The summed E-state index contributed by atoms with van der Waals surface area (Å²) in [5, 5.41) is 8.44. The normalized spacial score (nSPS) is 23.0. The van der Waals surface area contributed by atoms with E-state index in [1.165, 1.54) is 11.1 Å². The van der Waals surface area contributed by atoms with Crippen LogP contribution in [0.3, 0.4) is 0 Å². The first kappa shape index (κ1) is 26.9. The summed E-state index contributed by atoms with van der Waals surface area (Å²) in [6, 6.07) is 24.7. The van der Waals surface area contributed by atoms with E-state index in [-0.39, 0.29) is 23.9 Å². The quantitative estimate of drug-likeness (QED) is 0.282. The van der Waals surface area contributed by atoms with Crippen LogP contribution in [0, 0.1) is 11.8 Å². The van der Waals surface area contributed by atoms with Crippen LogP contribution in [0.5, 0.6) is 5.75 Å². The number of piperidine rings is 1. The van der Waals surface area contributed by atoms with Crippen molar-refractivity contribution in [1.29, 1.82) is 0 Å². The summed E-state index contributed by atoms with van der Waals surface area (Å²) in [4.78, 5) is 12.6. The van der Waals surface area contributed by atoms with E-state index in [0.29, 0.717) is 31.5 Å². The number of nitrogens with one attached hydrogen (secondary N) is 2. The van der Waals surface area contributed by atoms with Crippen molar-refractivity contribution in [2.75, 3.05) is 25.6 Å². The fourth-order valence-electron chi connectivity index (χ4n) is 6.12. The van der Waals surface area contributed by atoms with Gasteiger partial charge in [-0.1, -0.05) is 47.5 Å². The second-order valence-electron chi connectivity index (χ2n) is 10.3. The SMILES string of the molecule is COCCOc1ccc(NC2CC(=O)NC3CCC(C(c4ccc(Cl)cc4)c4ccc(Cl)cc4)CC32)cc1. The van der Waals surface area contributed by atoms with Crippen molar-refractivity contribution in [2.24, 2.45) is 11.8 Å². The van der Waals surface area contributed by atoms with Crippen molar-refractivity contribution in [3.8, 4) is 5.75 Å². The average molecular weight is 554 g/mol. The highest BCUT2D eigenvalue weighted by Crippen LogP contribution is 2.45. The molecular weight excluding hydrogens is 519 g/mol. The smallest absolute Gasteiger partial charge is 0.222 e. The zero-order valence-electron chi connectivity index (χ0n) is 21.5. The molecule has 2 aliphatic rings. The van der Waals surface area contributed by atoms with Gasteiger partial charge >= 0.3 is 0 Å². The molecule has 3 aromatic carbocycles. The largest absolute Gasteiger partial charge is 0.491 e. The molecule has 0 aromatic heterocycles. The first-order valence-corrected chi connectivity index (χ1v) is 14.0. The molecule has 7 heteroatoms. The van der Waals surface area contributed by atoms with E-state index in [0.717, 1.165) is 40.7 Å². The molecule has 38 heavy (non-hydrogen) atoms. The van der Waals surface area contributed by atoms with E-state index >= 15 is 0 Å². The number of carbonyl (C=O) groups is 1. The monoisotopic (exact) mass is 552 g/mol. The molecule has 1 aliphatic heterocycles. The molecule has 3 aromatic rings. The number of ether oxygens (including phenoxy) is 2. The number of halogens is 2. The second-order valence-corrected chi connectivity index (χ2v) is 11.2. The molecule has 2 N–H and O–H groups in total. The highest BCUT2D eigenvalue weighted by atomic mass is 35.5. The van der Waals surface area contributed by atoms with Crippen LogP contribution in [0.15, 0.2) is 72.8 Å². The summed E-state index contributed by atoms with van der Waals surface area (Å²) in [5.41, 5.74) is 3.51. The Morgan fingerprint density at radius 2 is 1.53 bits per heavy atom. The Hall–Kier alpha value is -2.73. The zero-order valence-corrected chi connectivity index (χ0v) is 23.1. The summed E-state index contributed by atoms with van der Waals surface area (Å²) in [5.74, 6) is 1.90. The van der Waals surface area contributed by atoms with Crippen molar-refractivity contribution in [2.45, 2.75) is 43.7 Å². The van der Waals surface area contributed by atoms with Gasteiger partial charge in [-0.15, -0.1) is 0 Å². The molecule has 1 heterocycles. The van der Waals surface area contributed by atoms with Crippen LogP contribution in [0.25, 0.3) is 0 Å². The van der Waals surface area contributed by atoms with Gasteiger partial charge in [0.05, 0.1) is 6.61 Å². The maximum absolute atomic E-state index is 12.6. The fraction of sp³-hybridized carbons (Fsp3) is 0.387. The number of amides is 1. The molecule has 5 rings (SSSR count). The van der Waals surface area contributed by atoms with Crippen molar-refractivity contribution < 1.29 is 14.3 Å². The number of methoxy groups -OCH3 is 1. The number of anilines is 1. The van der Waals surface area contributed by atoms with Gasteiger partial charge in [-0.25, -0.2) is 0 Å². The molecule has 1 saturated carbocycles. The molecular formula is C31H34Cl2N2O3. The molecule has 4 unspecified atom stereocenters. The van der Waals surface area contributed by atoms with Gasteiger partial charge in [-0.05, 0) is 84.8 Å². The minimum absolute atomic E-state index is 0.0629. The molecule has 5 nitrogen and oxygen atoms in total. The van der Waals surface area contributed by atoms with E-state index < -0.39 is 0 Å². The van der Waals surface area contributed by atoms with E-state index in [1.807, 2.05) is 48.5 Å². The van der Waals surface area contributed by atoms with Crippen LogP contribution in [0.2, 0.25) is 10.0 Å². The van der Waals surface area contributed by atoms with Gasteiger partial charge in [0.25, 0.3) is 0 Å². The van der Waals surface area contributed by atoms with Crippen molar-refractivity contribution >= 4 is 34.8 Å². The summed E-state index contributed by atoms with van der Waals surface area (Å²) >= 11 is 12.5. The van der Waals surface area contributed by atoms with E-state index in [1.54, 1.807) is 7.11 Å². The Morgan fingerprint density at radius 1 is 0.895 bits per heavy atom. The second kappa shape index (κ2) is 12.4. The van der Waals surface area contributed by atoms with Gasteiger partial charge in [0.1, 0.15) is 12.4 Å². The van der Waals surface area contributed by atoms with Crippen molar-refractivity contribution in [3.63, 3.8) is 0 Å². The Morgan fingerprint density at radius 3 is 2.13 bits per heavy atom. The molecule has 0 spiro atoms. The third-order valence-electron chi connectivity index (χ3n) is 7.90. The van der Waals surface area contributed by atoms with Crippen LogP contribution in [0.4, 0.5) is 5.69 Å². The number of benzene rings is 3. The zero-order chi connectivity index (χ0) is 26.5. The molecule has 1 amide bonds. The predicted octanol–water partition coefficient (Wildman–Crippen LogP) is 6.94. The van der Waals surface area contributed by atoms with Crippen molar-refractivity contribution in [3.05, 3.63) is 94.0 Å². The maximum Gasteiger partial charge on any atom is 0.222 e. The first-order chi connectivity index (χ1) is 18.5. The Balaban J connectivity index is 1.36. The molecule has 1 aliphatic carbocycles. The lowest BCUT2D eigenvalue weighted by Gasteiger charge is -2.46. The van der Waals surface area contributed by atoms with Gasteiger partial charge in [-0.2, -0.15) is 0 Å². The van der Waals surface area contributed by atoms with Crippen LogP contribution in [0.1, 0.15) is 42.7 Å². The van der Waals surface area contributed by atoms with E-state index in [4.69, 9.17) is 32.7 Å². The van der Waals surface area contributed by atoms with Gasteiger partial charge < -0.3 is 20.1 Å². The molecule has 0 bridgehead atoms. The molecule has 200 valence electrons. The lowest BCUT2D eigenvalue weighted by atomic mass is 9.65. The number of hydrogen-bond acceptors (Lipinski definition) is 4. The Kier molecular flexibility index (Phi) is 8.78. The third kappa shape index (κ3) is 6.45. The minimum atomic E-state index is 0.0629. The minimum Gasteiger partial charge on any atom is -0.491 e. The summed E-state index contributed by atoms with van der Waals surface area (Å²) < 4.78 is 10.8. The van der Waals surface area contributed by atoms with Crippen LogP contribution in [-0.4, -0.2) is 38.3 Å². The van der Waals surface area contributed by atoms with E-state index in [9.17, 15) is 4.79 Å². The lowest BCUT2D eigenvalue weighted by Crippen LogP contribution is -2.56. The number of carbonyl (C=O) groups excluding carboxylic acids is 1. The van der Waals surface area contributed by atoms with Gasteiger partial charge in [0.15, 0.2) is 0 Å². The standard InChI is InChI=1S/C31H34Cl2N2O3/c1-37-16-17-38-26-13-11-25(12-14-26)34-29-19-30(36)35-28-15-6-22(18-27(28)29)31(20-2-7-23(32)8-3-20)21-4-9-24(33)10-5-21/h2-5,7-14,22,27-29,31,34H,6,15-19H2,1H3,(H,35,36). The molecule has 1 saturated heterocycles. The van der Waals surface area contributed by atoms with E-state index in [2.05, 4.69) is 34.9 Å². The van der Waals surface area contributed by atoms with Crippen LogP contribution < -0.4 is 15.4 Å². The third-order valence-corrected chi connectivity index (χ3v) is 8.40. The Bertz CT molecular complexity index is 1160. The molecule has 4 atom stereocenters. The summed E-state index contributed by atoms with van der Waals surface area (Å²) in [7, 11) is 1.66. The summed E-state index contributed by atoms with van der Waals surface area (Å²) in [6.45, 7) is 1.06. The lowest BCUT2D eigenvalue weighted by molar-refractivity contribution is -0.125. The van der Waals surface area contributed by atoms with Gasteiger partial charge in [-0.3, -0.25) is 4.79 Å². The molecule has 0 radical (unpaired) electrons. The first-order valence-electron chi connectivity index (χ1n) is 13.3. The topological polar surface area (TPSA) is 59.6 Å². The fourth-order valence-corrected chi connectivity index (χ4v) is 6.37. The van der Waals surface area contributed by atoms with Crippen molar-refractivity contribution in [1.82, 2.24) is 5.32 Å².